The number of nitrogens with one attached hydrogen (secondary N) is 1. The van der Waals surface area contributed by atoms with E-state index in [4.69, 9.17) is 5.73 Å². The summed E-state index contributed by atoms with van der Waals surface area (Å²) < 4.78 is 0. The van der Waals surface area contributed by atoms with E-state index in [1.165, 1.54) is 0 Å². The van der Waals surface area contributed by atoms with Crippen molar-refractivity contribution in [1.29, 1.82) is 0 Å². The average Bonchev–Trinajstić information content (AvgIpc) is 2.30. The first-order valence-electron chi connectivity index (χ1n) is 4.93. The van der Waals surface area contributed by atoms with E-state index in [-0.39, 0.29) is 0 Å². The maximum absolute atomic E-state index is 11.2. The van der Waals surface area contributed by atoms with Crippen molar-refractivity contribution >= 4 is 11.5 Å². The van der Waals surface area contributed by atoms with Crippen LogP contribution in [-0.4, -0.2) is 24.0 Å². The third-order valence-corrected chi connectivity index (χ3v) is 2.50. The summed E-state index contributed by atoms with van der Waals surface area (Å²) in [5, 5.41) is 3.22. The Morgan fingerprint density at radius 1 is 1.53 bits per heavy atom. The number of hydrogen-bond acceptors (Lipinski definition) is 3. The zero-order chi connectivity index (χ0) is 10.7. The molecule has 15 heavy (non-hydrogen) atoms. The lowest BCUT2D eigenvalue weighted by atomic mass is 9.97. The Morgan fingerprint density at radius 3 is 3.07 bits per heavy atom. The van der Waals surface area contributed by atoms with Gasteiger partial charge >= 0.3 is 0 Å². The number of rotatable bonds is 2. The number of carbonyl (C=O) groups excluding carboxylic acids is 1. The van der Waals surface area contributed by atoms with Gasteiger partial charge in [-0.15, -0.1) is 0 Å². The number of nitrogens with zero attached hydrogens (tertiary/aromatic N) is 1. The molecule has 0 aliphatic carbocycles. The molecule has 2 rings (SSSR count). The molecule has 0 atom stereocenters. The standard InChI is InChI=1S/C11H13N3O/c12-11(15)9-3-6-14-7-10(9)8-1-4-13-5-2-8/h1,3,6-7,13H,2,4-5H2,(H2,12,15). The Bertz CT molecular complexity index is 412. The van der Waals surface area contributed by atoms with Crippen LogP contribution in [0.25, 0.3) is 5.57 Å². The molecular weight excluding hydrogens is 190 g/mol. The summed E-state index contributed by atoms with van der Waals surface area (Å²) in [6.45, 7) is 1.77. The summed E-state index contributed by atoms with van der Waals surface area (Å²) in [5.74, 6) is -0.396. The van der Waals surface area contributed by atoms with Crippen LogP contribution in [0.1, 0.15) is 22.3 Å². The Kier molecular flexibility index (Phi) is 2.78. The van der Waals surface area contributed by atoms with Gasteiger partial charge in [0.15, 0.2) is 0 Å². The third-order valence-electron chi connectivity index (χ3n) is 2.50. The number of amides is 1. The van der Waals surface area contributed by atoms with Crippen molar-refractivity contribution in [2.24, 2.45) is 5.73 Å². The van der Waals surface area contributed by atoms with Gasteiger partial charge in [0.25, 0.3) is 0 Å². The third kappa shape index (κ3) is 2.05. The molecule has 1 aliphatic heterocycles. The molecule has 3 N–H and O–H groups in total. The lowest BCUT2D eigenvalue weighted by Crippen LogP contribution is -2.21. The van der Waals surface area contributed by atoms with Crippen molar-refractivity contribution in [2.75, 3.05) is 13.1 Å². The highest BCUT2D eigenvalue weighted by Gasteiger charge is 2.13. The molecule has 1 aromatic heterocycles. The fourth-order valence-corrected chi connectivity index (χ4v) is 1.73. The minimum Gasteiger partial charge on any atom is -0.366 e. The summed E-state index contributed by atoms with van der Waals surface area (Å²) in [5.41, 5.74) is 7.88. The van der Waals surface area contributed by atoms with Crippen molar-refractivity contribution in [3.8, 4) is 0 Å². The second-order valence-electron chi connectivity index (χ2n) is 3.47. The smallest absolute Gasteiger partial charge is 0.249 e. The summed E-state index contributed by atoms with van der Waals surface area (Å²) in [6, 6.07) is 1.67. The number of nitrogens with two attached hydrogens (primary N) is 1. The van der Waals surface area contributed by atoms with E-state index in [0.717, 1.165) is 30.6 Å². The van der Waals surface area contributed by atoms with Crippen molar-refractivity contribution in [3.63, 3.8) is 0 Å². The van der Waals surface area contributed by atoms with Crippen LogP contribution in [0.5, 0.6) is 0 Å². The Hall–Kier alpha value is -1.68. The molecule has 0 saturated heterocycles. The van der Waals surface area contributed by atoms with E-state index < -0.39 is 5.91 Å². The van der Waals surface area contributed by atoms with Gasteiger partial charge < -0.3 is 11.1 Å². The van der Waals surface area contributed by atoms with Gasteiger partial charge in [-0.2, -0.15) is 0 Å². The first-order chi connectivity index (χ1) is 7.29. The molecule has 4 nitrogen and oxygen atoms in total. The molecule has 1 amide bonds. The molecule has 4 heteroatoms. The highest BCUT2D eigenvalue weighted by molar-refractivity contribution is 5.97. The van der Waals surface area contributed by atoms with Crippen molar-refractivity contribution < 1.29 is 4.79 Å². The van der Waals surface area contributed by atoms with Crippen LogP contribution in [0, 0.1) is 0 Å². The molecule has 1 aliphatic rings. The summed E-state index contributed by atoms with van der Waals surface area (Å²) in [4.78, 5) is 15.2. The fourth-order valence-electron chi connectivity index (χ4n) is 1.73. The summed E-state index contributed by atoms with van der Waals surface area (Å²) in [7, 11) is 0. The molecule has 0 aromatic carbocycles. The second kappa shape index (κ2) is 4.23. The Balaban J connectivity index is 2.42. The maximum atomic E-state index is 11.2. The lowest BCUT2D eigenvalue weighted by molar-refractivity contribution is 0.1000. The SMILES string of the molecule is NC(=O)c1ccncc1C1=CCNCC1. The predicted octanol–water partition coefficient (Wildman–Crippen LogP) is 0.557. The summed E-state index contributed by atoms with van der Waals surface area (Å²) >= 11 is 0. The minimum atomic E-state index is -0.396. The molecule has 0 radical (unpaired) electrons. The number of carbonyl (C=O) groups is 1. The van der Waals surface area contributed by atoms with E-state index in [9.17, 15) is 4.79 Å². The molecule has 0 fully saturated rings. The molecule has 0 bridgehead atoms. The number of aromatic nitrogens is 1. The van der Waals surface area contributed by atoms with Crippen LogP contribution in [0.4, 0.5) is 0 Å². The van der Waals surface area contributed by atoms with Gasteiger partial charge in [-0.25, -0.2) is 0 Å². The average molecular weight is 203 g/mol. The van der Waals surface area contributed by atoms with Crippen LogP contribution >= 0.6 is 0 Å². The molecule has 0 spiro atoms. The number of hydrogen-bond donors (Lipinski definition) is 2. The lowest BCUT2D eigenvalue weighted by Gasteiger charge is -2.15. The van der Waals surface area contributed by atoms with Crippen molar-refractivity contribution in [2.45, 2.75) is 6.42 Å². The van der Waals surface area contributed by atoms with Crippen molar-refractivity contribution in [1.82, 2.24) is 10.3 Å². The van der Waals surface area contributed by atoms with Gasteiger partial charge in [0, 0.05) is 30.1 Å². The molecule has 2 heterocycles. The van der Waals surface area contributed by atoms with E-state index in [2.05, 4.69) is 16.4 Å². The minimum absolute atomic E-state index is 0.396. The highest BCUT2D eigenvalue weighted by atomic mass is 16.1. The van der Waals surface area contributed by atoms with Gasteiger partial charge in [-0.1, -0.05) is 6.08 Å². The zero-order valence-electron chi connectivity index (χ0n) is 8.36. The van der Waals surface area contributed by atoms with E-state index in [1.807, 2.05) is 0 Å². The predicted molar refractivity (Wildman–Crippen MR) is 58.2 cm³/mol. The van der Waals surface area contributed by atoms with Crippen LogP contribution in [0.2, 0.25) is 0 Å². The first-order valence-corrected chi connectivity index (χ1v) is 4.93. The van der Waals surface area contributed by atoms with Crippen molar-refractivity contribution in [3.05, 3.63) is 35.7 Å². The topological polar surface area (TPSA) is 68.0 Å². The van der Waals surface area contributed by atoms with Crippen LogP contribution in [0.15, 0.2) is 24.5 Å². The van der Waals surface area contributed by atoms with Gasteiger partial charge in [-0.05, 0) is 24.6 Å². The van der Waals surface area contributed by atoms with E-state index >= 15 is 0 Å². The molecule has 1 aromatic rings. The van der Waals surface area contributed by atoms with E-state index in [1.54, 1.807) is 18.5 Å². The molecular formula is C11H13N3O. The zero-order valence-corrected chi connectivity index (χ0v) is 8.36. The number of primary amides is 1. The highest BCUT2D eigenvalue weighted by Crippen LogP contribution is 2.22. The summed E-state index contributed by atoms with van der Waals surface area (Å²) in [6.07, 6.45) is 6.28. The fraction of sp³-hybridized carbons (Fsp3) is 0.273. The Morgan fingerprint density at radius 2 is 2.40 bits per heavy atom. The van der Waals surface area contributed by atoms with Crippen LogP contribution < -0.4 is 11.1 Å². The van der Waals surface area contributed by atoms with Gasteiger partial charge in [-0.3, -0.25) is 9.78 Å². The number of pyridine rings is 1. The molecule has 0 unspecified atom stereocenters. The van der Waals surface area contributed by atoms with Crippen LogP contribution in [0.3, 0.4) is 0 Å². The second-order valence-corrected chi connectivity index (χ2v) is 3.47. The monoisotopic (exact) mass is 203 g/mol. The quantitative estimate of drug-likeness (QED) is 0.737. The molecule has 0 saturated carbocycles. The molecule has 78 valence electrons. The first kappa shape index (κ1) is 9.86. The van der Waals surface area contributed by atoms with Gasteiger partial charge in [0.1, 0.15) is 0 Å². The van der Waals surface area contributed by atoms with Gasteiger partial charge in [0.2, 0.25) is 5.91 Å². The van der Waals surface area contributed by atoms with Gasteiger partial charge in [0.05, 0.1) is 0 Å². The van der Waals surface area contributed by atoms with Crippen LogP contribution in [-0.2, 0) is 0 Å². The maximum Gasteiger partial charge on any atom is 0.249 e. The normalized spacial score (nSPS) is 15.9. The Labute approximate surface area is 88.2 Å². The van der Waals surface area contributed by atoms with E-state index in [0.29, 0.717) is 5.56 Å². The largest absolute Gasteiger partial charge is 0.366 e.